The normalized spacial score (nSPS) is 16.8. The minimum absolute atomic E-state index is 0.0717. The molecule has 0 aliphatic carbocycles. The fraction of sp³-hybridized carbons (Fsp3) is 0.500. The van der Waals surface area contributed by atoms with Crippen LogP contribution < -0.4 is 15.4 Å². The van der Waals surface area contributed by atoms with E-state index in [4.69, 9.17) is 4.74 Å². The molecule has 3 heterocycles. The van der Waals surface area contributed by atoms with Crippen LogP contribution >= 0.6 is 0 Å². The van der Waals surface area contributed by atoms with Crippen LogP contribution in [0.4, 0.5) is 0 Å². The second kappa shape index (κ2) is 14.8. The lowest BCUT2D eigenvalue weighted by molar-refractivity contribution is -0.137. The standard InChI is InChI=1S/C32H43N7O5/c1-21(2)18-27-32(43)34-12-16-37-15-11-33-31(37)25-8-6-9-26(19-25)44-17-7-13-38(20-28(41)35-27)29(42)10-14-39-23(4)30(24(5)40)22(3)36-39/h6,8-9,11,15,19,21,27H,7,10,12-14,16-18,20H2,1-5H3,(H,34,43)(H,35,41)/t27-/m1/s1. The zero-order chi connectivity index (χ0) is 31.8. The van der Waals surface area contributed by atoms with Crippen molar-refractivity contribution in [1.29, 1.82) is 0 Å². The van der Waals surface area contributed by atoms with Crippen molar-refractivity contribution in [3.63, 3.8) is 0 Å². The summed E-state index contributed by atoms with van der Waals surface area (Å²) < 4.78 is 9.65. The maximum atomic E-state index is 13.4. The van der Waals surface area contributed by atoms with Gasteiger partial charge in [0.25, 0.3) is 0 Å². The highest BCUT2D eigenvalue weighted by molar-refractivity contribution is 5.96. The Morgan fingerprint density at radius 3 is 2.68 bits per heavy atom. The highest BCUT2D eigenvalue weighted by Crippen LogP contribution is 2.23. The topological polar surface area (TPSA) is 140 Å². The number of carbonyl (C=O) groups is 4. The molecule has 1 aliphatic rings. The number of benzene rings is 1. The monoisotopic (exact) mass is 605 g/mol. The number of amides is 3. The molecule has 0 saturated heterocycles. The molecule has 3 amide bonds. The number of nitrogens with one attached hydrogen (secondary N) is 2. The lowest BCUT2D eigenvalue weighted by Crippen LogP contribution is -2.51. The van der Waals surface area contributed by atoms with Crippen molar-refractivity contribution in [2.75, 3.05) is 26.2 Å². The molecule has 2 N–H and O–H groups in total. The lowest BCUT2D eigenvalue weighted by Gasteiger charge is -2.25. The zero-order valence-corrected chi connectivity index (χ0v) is 26.3. The van der Waals surface area contributed by atoms with Crippen molar-refractivity contribution in [2.24, 2.45) is 5.92 Å². The van der Waals surface area contributed by atoms with Gasteiger partial charge in [-0.25, -0.2) is 4.98 Å². The third-order valence-electron chi connectivity index (χ3n) is 7.62. The maximum absolute atomic E-state index is 13.4. The molecule has 4 rings (SSSR count). The molecule has 12 heteroatoms. The summed E-state index contributed by atoms with van der Waals surface area (Å²) in [7, 11) is 0. The smallest absolute Gasteiger partial charge is 0.242 e. The summed E-state index contributed by atoms with van der Waals surface area (Å²) in [6.07, 6.45) is 4.63. The molecule has 0 spiro atoms. The Labute approximate surface area is 258 Å². The molecule has 12 nitrogen and oxygen atoms in total. The van der Waals surface area contributed by atoms with Gasteiger partial charge in [-0.2, -0.15) is 5.10 Å². The number of imidazole rings is 1. The van der Waals surface area contributed by atoms with Crippen LogP contribution in [-0.4, -0.2) is 80.0 Å². The molecule has 2 bridgehead atoms. The van der Waals surface area contributed by atoms with E-state index in [1.54, 1.807) is 17.8 Å². The van der Waals surface area contributed by atoms with Gasteiger partial charge >= 0.3 is 0 Å². The van der Waals surface area contributed by atoms with E-state index in [0.29, 0.717) is 55.2 Å². The van der Waals surface area contributed by atoms with E-state index in [1.807, 2.05) is 55.8 Å². The quantitative estimate of drug-likeness (QED) is 0.412. The molecule has 236 valence electrons. The van der Waals surface area contributed by atoms with Gasteiger partial charge in [0.05, 0.1) is 24.4 Å². The Bertz CT molecular complexity index is 1490. The maximum Gasteiger partial charge on any atom is 0.242 e. The van der Waals surface area contributed by atoms with E-state index in [1.165, 1.54) is 11.8 Å². The molecule has 1 atom stereocenters. The van der Waals surface area contributed by atoms with E-state index >= 15 is 0 Å². The minimum atomic E-state index is -0.736. The number of hydrogen-bond acceptors (Lipinski definition) is 7. The largest absolute Gasteiger partial charge is 0.494 e. The third-order valence-corrected chi connectivity index (χ3v) is 7.62. The number of aromatic nitrogens is 4. The van der Waals surface area contributed by atoms with Gasteiger partial charge < -0.3 is 24.8 Å². The number of rotatable bonds is 6. The summed E-state index contributed by atoms with van der Waals surface area (Å²) in [5.41, 5.74) is 2.78. The van der Waals surface area contributed by atoms with Gasteiger partial charge in [-0.1, -0.05) is 26.0 Å². The predicted octanol–water partition coefficient (Wildman–Crippen LogP) is 2.91. The minimum Gasteiger partial charge on any atom is -0.494 e. The SMILES string of the molecule is CC(=O)c1c(C)nn(CCC(=O)N2CCCOc3cccc(c3)-c3nccn3CCNC(=O)[C@@H](CC(C)C)NC(=O)C2)c1C. The number of Topliss-reactive ketones (excluding diaryl/α,β-unsaturated/α-hetero) is 1. The van der Waals surface area contributed by atoms with E-state index in [2.05, 4.69) is 20.7 Å². The van der Waals surface area contributed by atoms with E-state index in [9.17, 15) is 19.2 Å². The molecule has 1 aliphatic heterocycles. The van der Waals surface area contributed by atoms with Crippen LogP contribution in [0.1, 0.15) is 61.8 Å². The second-order valence-corrected chi connectivity index (χ2v) is 11.6. The molecule has 1 aromatic carbocycles. The van der Waals surface area contributed by atoms with Crippen LogP contribution in [0.5, 0.6) is 5.75 Å². The summed E-state index contributed by atoms with van der Waals surface area (Å²) in [6.45, 7) is 10.6. The van der Waals surface area contributed by atoms with E-state index in [-0.39, 0.29) is 49.6 Å². The van der Waals surface area contributed by atoms with Crippen LogP contribution in [-0.2, 0) is 27.5 Å². The van der Waals surface area contributed by atoms with Crippen LogP contribution in [0.2, 0.25) is 0 Å². The Morgan fingerprint density at radius 2 is 1.95 bits per heavy atom. The number of ketones is 1. The van der Waals surface area contributed by atoms with Gasteiger partial charge in [0.1, 0.15) is 17.6 Å². The molecule has 0 fully saturated rings. The summed E-state index contributed by atoms with van der Waals surface area (Å²) in [4.78, 5) is 57.9. The van der Waals surface area contributed by atoms with Gasteiger partial charge in [-0.05, 0) is 51.7 Å². The Hall–Kier alpha value is -4.48. The molecule has 0 radical (unpaired) electrons. The van der Waals surface area contributed by atoms with Crippen LogP contribution in [0.15, 0.2) is 36.7 Å². The van der Waals surface area contributed by atoms with Crippen molar-refractivity contribution >= 4 is 23.5 Å². The highest BCUT2D eigenvalue weighted by atomic mass is 16.5. The first-order valence-electron chi connectivity index (χ1n) is 15.2. The second-order valence-electron chi connectivity index (χ2n) is 11.6. The Morgan fingerprint density at radius 1 is 1.16 bits per heavy atom. The molecule has 3 aromatic rings. The fourth-order valence-corrected chi connectivity index (χ4v) is 5.54. The fourth-order valence-electron chi connectivity index (χ4n) is 5.54. The van der Waals surface area contributed by atoms with Crippen molar-refractivity contribution in [3.05, 3.63) is 53.6 Å². The summed E-state index contributed by atoms with van der Waals surface area (Å²) in [5, 5.41) is 10.3. The van der Waals surface area contributed by atoms with Crippen molar-refractivity contribution in [1.82, 2.24) is 34.9 Å². The third kappa shape index (κ3) is 8.33. The number of carbonyl (C=O) groups excluding carboxylic acids is 4. The van der Waals surface area contributed by atoms with Gasteiger partial charge in [-0.3, -0.25) is 23.9 Å². The van der Waals surface area contributed by atoms with Crippen molar-refractivity contribution in [3.8, 4) is 17.1 Å². The first-order valence-corrected chi connectivity index (χ1v) is 15.2. The molecular formula is C32H43N7O5. The van der Waals surface area contributed by atoms with Gasteiger partial charge in [0.2, 0.25) is 17.7 Å². The lowest BCUT2D eigenvalue weighted by atomic mass is 10.0. The number of ether oxygens (including phenoxy) is 1. The van der Waals surface area contributed by atoms with Crippen LogP contribution in [0.25, 0.3) is 11.4 Å². The number of fused-ring (bicyclic) bond motifs is 4. The zero-order valence-electron chi connectivity index (χ0n) is 26.3. The average molecular weight is 606 g/mol. The predicted molar refractivity (Wildman–Crippen MR) is 165 cm³/mol. The molecule has 2 aromatic heterocycles. The summed E-state index contributed by atoms with van der Waals surface area (Å²) in [6, 6.07) is 6.90. The van der Waals surface area contributed by atoms with Gasteiger partial charge in [0.15, 0.2) is 5.78 Å². The molecule has 0 unspecified atom stereocenters. The number of hydrogen-bond donors (Lipinski definition) is 2. The Balaban J connectivity index is 1.53. The van der Waals surface area contributed by atoms with Crippen LogP contribution in [0, 0.1) is 19.8 Å². The molecular weight excluding hydrogens is 562 g/mol. The highest BCUT2D eigenvalue weighted by Gasteiger charge is 2.25. The number of nitrogens with zero attached hydrogens (tertiary/aromatic N) is 5. The summed E-state index contributed by atoms with van der Waals surface area (Å²) in [5.74, 6) is 0.608. The van der Waals surface area contributed by atoms with Gasteiger partial charge in [-0.15, -0.1) is 0 Å². The molecule has 0 saturated carbocycles. The average Bonchev–Trinajstić information content (AvgIpc) is 3.55. The first-order chi connectivity index (χ1) is 21.0. The van der Waals surface area contributed by atoms with Crippen molar-refractivity contribution in [2.45, 2.75) is 73.0 Å². The summed E-state index contributed by atoms with van der Waals surface area (Å²) >= 11 is 0. The molecule has 44 heavy (non-hydrogen) atoms. The van der Waals surface area contributed by atoms with Crippen LogP contribution in [0.3, 0.4) is 0 Å². The van der Waals surface area contributed by atoms with E-state index < -0.39 is 11.9 Å². The first kappa shape index (κ1) is 32.4. The van der Waals surface area contributed by atoms with Crippen molar-refractivity contribution < 1.29 is 23.9 Å². The van der Waals surface area contributed by atoms with E-state index in [0.717, 1.165) is 11.4 Å². The Kier molecular flexibility index (Phi) is 10.9. The number of aryl methyl sites for hydroxylation is 2. The van der Waals surface area contributed by atoms with Gasteiger partial charge in [0, 0.05) is 56.3 Å².